The molecular weight excluding hydrogens is 316 g/mol. The van der Waals surface area contributed by atoms with Crippen LogP contribution in [0.2, 0.25) is 0 Å². The van der Waals surface area contributed by atoms with Crippen LogP contribution in [0.15, 0.2) is 72.8 Å². The molecule has 0 saturated heterocycles. The summed E-state index contributed by atoms with van der Waals surface area (Å²) < 4.78 is 0. The van der Waals surface area contributed by atoms with Gasteiger partial charge < -0.3 is 0 Å². The summed E-state index contributed by atoms with van der Waals surface area (Å²) >= 11 is 0. The van der Waals surface area contributed by atoms with E-state index < -0.39 is 0 Å². The van der Waals surface area contributed by atoms with Gasteiger partial charge in [0, 0.05) is 15.8 Å². The van der Waals surface area contributed by atoms with Crippen molar-refractivity contribution in [3.63, 3.8) is 0 Å². The van der Waals surface area contributed by atoms with Crippen molar-refractivity contribution in [2.45, 2.75) is 0 Å². The van der Waals surface area contributed by atoms with Gasteiger partial charge in [0.25, 0.3) is 0 Å². The van der Waals surface area contributed by atoms with Gasteiger partial charge in [0.15, 0.2) is 0 Å². The van der Waals surface area contributed by atoms with Crippen molar-refractivity contribution >= 4 is 58.5 Å². The minimum absolute atomic E-state index is 0.970. The van der Waals surface area contributed by atoms with E-state index in [0.29, 0.717) is 0 Å². The first-order valence-corrected chi connectivity index (χ1v) is 9.49. The van der Waals surface area contributed by atoms with Gasteiger partial charge in [-0.3, -0.25) is 0 Å². The third-order valence-electron chi connectivity index (χ3n) is 5.15. The lowest BCUT2D eigenvalue weighted by Gasteiger charge is -2.09. The maximum atomic E-state index is 5.79. The van der Waals surface area contributed by atoms with E-state index in [-0.39, 0.29) is 0 Å². The van der Waals surface area contributed by atoms with Gasteiger partial charge in [-0.15, -0.1) is 6.42 Å². The second-order valence-corrected chi connectivity index (χ2v) is 7.80. The highest BCUT2D eigenvalue weighted by molar-refractivity contribution is 6.35. The molecule has 0 bridgehead atoms. The highest BCUT2D eigenvalue weighted by Crippen LogP contribution is 2.30. The van der Waals surface area contributed by atoms with Crippen LogP contribution < -0.4 is 5.19 Å². The van der Waals surface area contributed by atoms with Crippen LogP contribution in [0.25, 0.3) is 43.1 Å². The van der Waals surface area contributed by atoms with E-state index in [1.165, 1.54) is 48.3 Å². The summed E-state index contributed by atoms with van der Waals surface area (Å²) in [6.07, 6.45) is 5.79. The van der Waals surface area contributed by atoms with E-state index in [9.17, 15) is 0 Å². The smallest absolute Gasteiger partial charge is 0.0401 e. The largest absolute Gasteiger partial charge is 0.115 e. The Morgan fingerprint density at radius 3 is 1.72 bits per heavy atom. The Morgan fingerprint density at radius 2 is 1.12 bits per heavy atom. The minimum atomic E-state index is 0.970. The molecule has 25 heavy (non-hydrogen) atoms. The topological polar surface area (TPSA) is 0 Å². The highest BCUT2D eigenvalue weighted by atomic mass is 28.1. The van der Waals surface area contributed by atoms with Crippen molar-refractivity contribution in [2.75, 3.05) is 0 Å². The molecule has 0 amide bonds. The Kier molecular flexibility index (Phi) is 2.97. The van der Waals surface area contributed by atoms with Crippen LogP contribution in [-0.4, -0.2) is 10.2 Å². The van der Waals surface area contributed by atoms with Crippen LogP contribution in [0, 0.1) is 12.3 Å². The van der Waals surface area contributed by atoms with Crippen LogP contribution >= 0.6 is 0 Å². The SMILES string of the molecule is C#Cc1c([SiH3])ccc2cc3cc4cc5ccccc5cc4cc3cc12. The normalized spacial score (nSPS) is 11.5. The van der Waals surface area contributed by atoms with Crippen molar-refractivity contribution in [1.82, 2.24) is 0 Å². The fourth-order valence-electron chi connectivity index (χ4n) is 3.82. The summed E-state index contributed by atoms with van der Waals surface area (Å²) in [5, 5.41) is 11.3. The molecule has 0 saturated carbocycles. The van der Waals surface area contributed by atoms with Crippen LogP contribution in [0.3, 0.4) is 0 Å². The lowest BCUT2D eigenvalue weighted by atomic mass is 9.96. The van der Waals surface area contributed by atoms with Gasteiger partial charge in [0.1, 0.15) is 0 Å². The van der Waals surface area contributed by atoms with E-state index in [4.69, 9.17) is 6.42 Å². The average Bonchev–Trinajstić information content (AvgIpc) is 2.63. The molecule has 0 radical (unpaired) electrons. The molecule has 0 aliphatic rings. The Balaban J connectivity index is 1.91. The van der Waals surface area contributed by atoms with Gasteiger partial charge >= 0.3 is 0 Å². The van der Waals surface area contributed by atoms with Crippen molar-refractivity contribution in [2.24, 2.45) is 0 Å². The molecule has 0 N–H and O–H groups in total. The molecule has 0 unspecified atom stereocenters. The van der Waals surface area contributed by atoms with Crippen LogP contribution in [0.5, 0.6) is 0 Å². The maximum absolute atomic E-state index is 5.79. The summed E-state index contributed by atoms with van der Waals surface area (Å²) in [7, 11) is 0.970. The fraction of sp³-hybridized carbons (Fsp3) is 0. The molecule has 0 spiro atoms. The van der Waals surface area contributed by atoms with Gasteiger partial charge in [-0.25, -0.2) is 0 Å². The fourth-order valence-corrected chi connectivity index (χ4v) is 4.40. The second-order valence-electron chi connectivity index (χ2n) is 6.72. The minimum Gasteiger partial charge on any atom is -0.115 e. The first-order chi connectivity index (χ1) is 12.2. The summed E-state index contributed by atoms with van der Waals surface area (Å²) in [5.74, 6) is 2.90. The summed E-state index contributed by atoms with van der Waals surface area (Å²) in [6.45, 7) is 0. The first kappa shape index (κ1) is 14.3. The molecule has 0 aromatic heterocycles. The van der Waals surface area contributed by atoms with E-state index >= 15 is 0 Å². The molecule has 1 heteroatoms. The van der Waals surface area contributed by atoms with Crippen LogP contribution in [0.4, 0.5) is 0 Å². The molecule has 0 atom stereocenters. The quantitative estimate of drug-likeness (QED) is 0.226. The lowest BCUT2D eigenvalue weighted by molar-refractivity contribution is 1.78. The number of terminal acetylenes is 1. The van der Waals surface area contributed by atoms with Crippen molar-refractivity contribution in [3.05, 3.63) is 78.4 Å². The molecule has 5 aromatic rings. The van der Waals surface area contributed by atoms with Gasteiger partial charge in [0.05, 0.1) is 0 Å². The Labute approximate surface area is 149 Å². The first-order valence-electron chi connectivity index (χ1n) is 8.49. The van der Waals surface area contributed by atoms with Crippen molar-refractivity contribution in [3.8, 4) is 12.3 Å². The molecule has 5 aromatic carbocycles. The zero-order valence-electron chi connectivity index (χ0n) is 14.0. The van der Waals surface area contributed by atoms with E-state index in [0.717, 1.165) is 15.8 Å². The van der Waals surface area contributed by atoms with Crippen LogP contribution in [-0.2, 0) is 0 Å². The summed E-state index contributed by atoms with van der Waals surface area (Å²) in [5.41, 5.74) is 1.06. The number of benzene rings is 5. The third kappa shape index (κ3) is 2.16. The molecule has 0 aliphatic carbocycles. The molecule has 5 rings (SSSR count). The van der Waals surface area contributed by atoms with Gasteiger partial charge in [-0.05, 0) is 79.5 Å². The van der Waals surface area contributed by atoms with E-state index in [1.807, 2.05) is 0 Å². The molecule has 0 fully saturated rings. The number of rotatable bonds is 0. The third-order valence-corrected chi connectivity index (χ3v) is 5.98. The number of hydrogen-bond acceptors (Lipinski definition) is 0. The number of hydrogen-bond donors (Lipinski definition) is 0. The zero-order valence-corrected chi connectivity index (χ0v) is 16.0. The highest BCUT2D eigenvalue weighted by Gasteiger charge is 2.06. The molecular formula is C24H16Si. The Bertz CT molecular complexity index is 1350. The summed E-state index contributed by atoms with van der Waals surface area (Å²) in [4.78, 5) is 0. The van der Waals surface area contributed by atoms with E-state index in [2.05, 4.69) is 78.7 Å². The molecule has 0 aliphatic heterocycles. The number of fused-ring (bicyclic) bond motifs is 4. The van der Waals surface area contributed by atoms with Gasteiger partial charge in [-0.2, -0.15) is 0 Å². The van der Waals surface area contributed by atoms with Crippen molar-refractivity contribution in [1.29, 1.82) is 0 Å². The Morgan fingerprint density at radius 1 is 0.600 bits per heavy atom. The van der Waals surface area contributed by atoms with Gasteiger partial charge in [0.2, 0.25) is 0 Å². The Hall–Kier alpha value is -3.08. The predicted octanol–water partition coefficient (Wildman–Crippen LogP) is 4.27. The zero-order chi connectivity index (χ0) is 17.0. The van der Waals surface area contributed by atoms with E-state index in [1.54, 1.807) is 0 Å². The van der Waals surface area contributed by atoms with Crippen LogP contribution in [0.1, 0.15) is 5.56 Å². The lowest BCUT2D eigenvalue weighted by Crippen LogP contribution is -2.07. The molecule has 0 nitrogen and oxygen atoms in total. The standard InChI is InChI=1S/C24H16Si/c1-2-22-23-14-21-13-19-10-16-6-4-3-5-15(16)9-18(19)12-20(21)11-17(23)7-8-24(22)25/h1,3-14H,25H3. The second kappa shape index (κ2) is 5.21. The summed E-state index contributed by atoms with van der Waals surface area (Å²) in [6, 6.07) is 26.6. The monoisotopic (exact) mass is 332 g/mol. The molecule has 0 heterocycles. The average molecular weight is 332 g/mol. The molecule has 116 valence electrons. The van der Waals surface area contributed by atoms with Crippen molar-refractivity contribution < 1.29 is 0 Å². The maximum Gasteiger partial charge on any atom is 0.0401 e. The predicted molar refractivity (Wildman–Crippen MR) is 114 cm³/mol. The van der Waals surface area contributed by atoms with Gasteiger partial charge in [-0.1, -0.05) is 47.5 Å².